The molecule has 5 heteroatoms. The molecule has 1 heterocycles. The van der Waals surface area contributed by atoms with Crippen LogP contribution in [0.2, 0.25) is 0 Å². The van der Waals surface area contributed by atoms with Crippen LogP contribution in [-0.2, 0) is 4.79 Å². The molecule has 0 saturated carbocycles. The molecule has 1 aliphatic rings. The predicted molar refractivity (Wildman–Crippen MR) is 55.2 cm³/mol. The van der Waals surface area contributed by atoms with Crippen molar-refractivity contribution in [1.82, 2.24) is 10.2 Å². The van der Waals surface area contributed by atoms with E-state index >= 15 is 0 Å². The average molecular weight is 198 g/mol. The van der Waals surface area contributed by atoms with Gasteiger partial charge in [-0.25, -0.2) is 0 Å². The van der Waals surface area contributed by atoms with Crippen LogP contribution in [-0.4, -0.2) is 42.3 Å². The van der Waals surface area contributed by atoms with Gasteiger partial charge in [0.1, 0.15) is 6.29 Å². The lowest BCUT2D eigenvalue weighted by atomic mass is 10.0. The maximum Gasteiger partial charge on any atom is 0.189 e. The van der Waals surface area contributed by atoms with Gasteiger partial charge in [-0.3, -0.25) is 5.41 Å². The van der Waals surface area contributed by atoms with Crippen molar-refractivity contribution in [2.24, 2.45) is 5.73 Å². The lowest BCUT2D eigenvalue weighted by Gasteiger charge is -2.37. The third-order valence-electron chi connectivity index (χ3n) is 2.62. The normalized spacial score (nSPS) is 20.1. The molecule has 0 unspecified atom stereocenters. The number of hydrogen-bond acceptors (Lipinski definition) is 3. The van der Waals surface area contributed by atoms with Crippen LogP contribution >= 0.6 is 0 Å². The van der Waals surface area contributed by atoms with E-state index in [-0.39, 0.29) is 18.0 Å². The molecule has 0 aromatic carbocycles. The Morgan fingerprint density at radius 1 is 1.64 bits per heavy atom. The molecule has 0 aromatic rings. The molecule has 1 rings (SSSR count). The third kappa shape index (κ3) is 2.45. The molecular weight excluding hydrogens is 180 g/mol. The monoisotopic (exact) mass is 198 g/mol. The first kappa shape index (κ1) is 11.0. The van der Waals surface area contributed by atoms with Gasteiger partial charge in [0, 0.05) is 6.04 Å². The fraction of sp³-hybridized carbons (Fsp3) is 0.778. The summed E-state index contributed by atoms with van der Waals surface area (Å²) in [5, 5.41) is 10.7. The average Bonchev–Trinajstić information content (AvgIpc) is 2.19. The van der Waals surface area contributed by atoms with E-state index in [2.05, 4.69) is 5.32 Å². The van der Waals surface area contributed by atoms with Gasteiger partial charge in [0.2, 0.25) is 0 Å². The summed E-state index contributed by atoms with van der Waals surface area (Å²) >= 11 is 0. The van der Waals surface area contributed by atoms with Gasteiger partial charge in [-0.05, 0) is 32.9 Å². The van der Waals surface area contributed by atoms with Crippen molar-refractivity contribution >= 4 is 12.2 Å². The zero-order chi connectivity index (χ0) is 10.6. The first-order valence-electron chi connectivity index (χ1n) is 4.95. The number of guanidine groups is 1. The van der Waals surface area contributed by atoms with E-state index in [1.165, 1.54) is 0 Å². The Morgan fingerprint density at radius 2 is 2.21 bits per heavy atom. The number of nitrogens with two attached hydrogens (primary N) is 1. The van der Waals surface area contributed by atoms with Gasteiger partial charge in [-0.2, -0.15) is 0 Å². The molecule has 4 N–H and O–H groups in total. The topological polar surface area (TPSA) is 82.2 Å². The highest BCUT2D eigenvalue weighted by atomic mass is 16.1. The Bertz CT molecular complexity index is 213. The number of rotatable bonds is 3. The van der Waals surface area contributed by atoms with Crippen molar-refractivity contribution in [3.8, 4) is 0 Å². The van der Waals surface area contributed by atoms with Crippen molar-refractivity contribution in [2.75, 3.05) is 13.1 Å². The van der Waals surface area contributed by atoms with Gasteiger partial charge >= 0.3 is 0 Å². The number of piperidine rings is 1. The van der Waals surface area contributed by atoms with E-state index in [1.54, 1.807) is 11.8 Å². The van der Waals surface area contributed by atoms with Crippen molar-refractivity contribution < 1.29 is 4.79 Å². The molecule has 5 nitrogen and oxygen atoms in total. The van der Waals surface area contributed by atoms with Gasteiger partial charge in [-0.15, -0.1) is 0 Å². The van der Waals surface area contributed by atoms with Gasteiger partial charge in [-0.1, -0.05) is 0 Å². The summed E-state index contributed by atoms with van der Waals surface area (Å²) in [6.45, 7) is 3.64. The van der Waals surface area contributed by atoms with Crippen LogP contribution in [0.1, 0.15) is 19.8 Å². The summed E-state index contributed by atoms with van der Waals surface area (Å²) in [7, 11) is 0. The second-order valence-electron chi connectivity index (χ2n) is 3.65. The number of aldehydes is 1. The molecule has 0 aromatic heterocycles. The highest BCUT2D eigenvalue weighted by molar-refractivity contribution is 5.78. The van der Waals surface area contributed by atoms with Crippen molar-refractivity contribution in [2.45, 2.75) is 31.8 Å². The van der Waals surface area contributed by atoms with E-state index in [1.807, 2.05) is 0 Å². The van der Waals surface area contributed by atoms with Crippen LogP contribution in [0.25, 0.3) is 0 Å². The minimum Gasteiger partial charge on any atom is -0.370 e. The number of carbonyl (C=O) groups excluding carboxylic acids is 1. The number of carbonyl (C=O) groups is 1. The van der Waals surface area contributed by atoms with Crippen molar-refractivity contribution in [3.63, 3.8) is 0 Å². The van der Waals surface area contributed by atoms with Crippen LogP contribution in [0.5, 0.6) is 0 Å². The molecule has 1 atom stereocenters. The number of nitrogens with one attached hydrogen (secondary N) is 2. The lowest BCUT2D eigenvalue weighted by molar-refractivity contribution is -0.111. The zero-order valence-corrected chi connectivity index (χ0v) is 8.49. The summed E-state index contributed by atoms with van der Waals surface area (Å²) in [6.07, 6.45) is 2.72. The Kier molecular flexibility index (Phi) is 3.88. The molecule has 0 amide bonds. The van der Waals surface area contributed by atoms with E-state index in [4.69, 9.17) is 11.1 Å². The first-order valence-corrected chi connectivity index (χ1v) is 4.95. The van der Waals surface area contributed by atoms with Crippen LogP contribution in [0.3, 0.4) is 0 Å². The quantitative estimate of drug-likeness (QED) is 0.325. The highest BCUT2D eigenvalue weighted by Gasteiger charge is 2.25. The van der Waals surface area contributed by atoms with E-state index in [9.17, 15) is 4.79 Å². The first-order chi connectivity index (χ1) is 6.66. The van der Waals surface area contributed by atoms with Crippen molar-refractivity contribution in [3.05, 3.63) is 0 Å². The Morgan fingerprint density at radius 3 is 2.64 bits per heavy atom. The molecule has 0 radical (unpaired) electrons. The Labute approximate surface area is 84.1 Å². The number of hydrogen-bond donors (Lipinski definition) is 3. The molecule has 0 aliphatic carbocycles. The van der Waals surface area contributed by atoms with Gasteiger partial charge in [0.15, 0.2) is 5.96 Å². The maximum atomic E-state index is 10.7. The predicted octanol–water partition coefficient (Wildman–Crippen LogP) is -0.479. The minimum absolute atomic E-state index is 0.00324. The summed E-state index contributed by atoms with van der Waals surface area (Å²) in [6, 6.07) is -0.0652. The van der Waals surface area contributed by atoms with E-state index < -0.39 is 0 Å². The third-order valence-corrected chi connectivity index (χ3v) is 2.62. The molecule has 0 bridgehead atoms. The number of nitrogens with zero attached hydrogens (tertiary/aromatic N) is 1. The summed E-state index contributed by atoms with van der Waals surface area (Å²) in [4.78, 5) is 12.4. The van der Waals surface area contributed by atoms with Gasteiger partial charge in [0.25, 0.3) is 0 Å². The molecule has 1 aliphatic heterocycles. The van der Waals surface area contributed by atoms with Crippen LogP contribution in [0, 0.1) is 5.41 Å². The fourth-order valence-electron chi connectivity index (χ4n) is 1.90. The SMILES string of the molecule is C[C@@H](C=O)N(C(=N)N)C1CCNCC1. The zero-order valence-electron chi connectivity index (χ0n) is 8.49. The minimum atomic E-state index is -0.296. The van der Waals surface area contributed by atoms with Crippen molar-refractivity contribution in [1.29, 1.82) is 5.41 Å². The van der Waals surface area contributed by atoms with Gasteiger partial charge < -0.3 is 20.7 Å². The van der Waals surface area contributed by atoms with E-state index in [0.717, 1.165) is 32.2 Å². The highest BCUT2D eigenvalue weighted by Crippen LogP contribution is 2.13. The molecule has 1 fully saturated rings. The Hall–Kier alpha value is -1.10. The molecule has 1 saturated heterocycles. The second kappa shape index (κ2) is 4.95. The fourth-order valence-corrected chi connectivity index (χ4v) is 1.90. The van der Waals surface area contributed by atoms with Crippen LogP contribution < -0.4 is 11.1 Å². The van der Waals surface area contributed by atoms with E-state index in [0.29, 0.717) is 0 Å². The molecular formula is C9H18N4O. The lowest BCUT2D eigenvalue weighted by Crippen LogP contribution is -2.53. The summed E-state index contributed by atoms with van der Waals surface area (Å²) in [5.41, 5.74) is 5.47. The van der Waals surface area contributed by atoms with Gasteiger partial charge in [0.05, 0.1) is 6.04 Å². The molecule has 80 valence electrons. The summed E-state index contributed by atoms with van der Waals surface area (Å²) < 4.78 is 0. The molecule has 0 spiro atoms. The van der Waals surface area contributed by atoms with Crippen LogP contribution in [0.4, 0.5) is 0 Å². The maximum absolute atomic E-state index is 10.7. The standard InChI is InChI=1S/C9H18N4O/c1-7(6-14)13(9(10)11)8-2-4-12-5-3-8/h6-8,12H,2-5H2,1H3,(H3,10,11)/t7-/m0/s1. The summed E-state index contributed by atoms with van der Waals surface area (Å²) in [5.74, 6) is -0.00324. The largest absolute Gasteiger partial charge is 0.370 e. The molecule has 14 heavy (non-hydrogen) atoms. The smallest absolute Gasteiger partial charge is 0.189 e. The van der Waals surface area contributed by atoms with Crippen LogP contribution in [0.15, 0.2) is 0 Å². The Balaban J connectivity index is 2.65. The second-order valence-corrected chi connectivity index (χ2v) is 3.65.